The highest BCUT2D eigenvalue weighted by molar-refractivity contribution is 5.66. The van der Waals surface area contributed by atoms with Crippen LogP contribution < -0.4 is 5.43 Å². The third kappa shape index (κ3) is 8.72. The van der Waals surface area contributed by atoms with Gasteiger partial charge in [-0.1, -0.05) is 69.4 Å². The average Bonchev–Trinajstić information content (AvgIpc) is 2.46. The number of nitrogens with zero attached hydrogens (tertiary/aromatic N) is 1. The first-order chi connectivity index (χ1) is 12.4. The van der Waals surface area contributed by atoms with Gasteiger partial charge in [0, 0.05) is 0 Å². The number of nitrogens with one attached hydrogen (secondary N) is 1. The van der Waals surface area contributed by atoms with Crippen LogP contribution in [0.1, 0.15) is 111 Å². The van der Waals surface area contributed by atoms with Crippen molar-refractivity contribution in [2.75, 3.05) is 0 Å². The summed E-state index contributed by atoms with van der Waals surface area (Å²) in [4.78, 5) is 18.7. The molecule has 0 bridgehead atoms. The lowest BCUT2D eigenvalue weighted by Gasteiger charge is -2.35. The van der Waals surface area contributed by atoms with E-state index < -0.39 is 11.7 Å². The highest BCUT2D eigenvalue weighted by atomic mass is 16.7. The molecule has 2 aliphatic carbocycles. The first-order valence-corrected chi connectivity index (χ1v) is 10.9. The fraction of sp³-hybridized carbons (Fsp3) is 0.952. The van der Waals surface area contributed by atoms with Crippen LogP contribution >= 0.6 is 0 Å². The summed E-state index contributed by atoms with van der Waals surface area (Å²) in [5.41, 5.74) is 2.42. The maximum Gasteiger partial charge on any atom is 0.424 e. The van der Waals surface area contributed by atoms with E-state index in [-0.39, 0.29) is 12.1 Å². The third-order valence-corrected chi connectivity index (χ3v) is 5.32. The number of rotatable bonds is 4. The van der Waals surface area contributed by atoms with Gasteiger partial charge < -0.3 is 4.74 Å². The van der Waals surface area contributed by atoms with E-state index in [0.717, 1.165) is 25.7 Å². The summed E-state index contributed by atoms with van der Waals surface area (Å²) in [5.74, 6) is 0. The number of amides is 1. The van der Waals surface area contributed by atoms with Gasteiger partial charge >= 0.3 is 6.09 Å². The molecule has 0 aromatic carbocycles. The SMILES string of the molecule is CC(C)(C)OC(=O)NN(OC1CCCCCCC1)C1CCCCCCC1. The van der Waals surface area contributed by atoms with Crippen molar-refractivity contribution in [1.82, 2.24) is 10.6 Å². The molecule has 2 saturated carbocycles. The van der Waals surface area contributed by atoms with Gasteiger partial charge in [0.05, 0.1) is 12.1 Å². The molecule has 5 nitrogen and oxygen atoms in total. The summed E-state index contributed by atoms with van der Waals surface area (Å²) in [6, 6.07) is 0.244. The number of hydrazine groups is 1. The lowest BCUT2D eigenvalue weighted by molar-refractivity contribution is -0.254. The van der Waals surface area contributed by atoms with Crippen LogP contribution in [-0.2, 0) is 9.57 Å². The highest BCUT2D eigenvalue weighted by Gasteiger charge is 2.27. The first-order valence-electron chi connectivity index (χ1n) is 10.9. The minimum atomic E-state index is -0.503. The van der Waals surface area contributed by atoms with Crippen LogP contribution in [0.5, 0.6) is 0 Å². The number of carbonyl (C=O) groups is 1. The quantitative estimate of drug-likeness (QED) is 0.629. The zero-order chi connectivity index (χ0) is 18.8. The van der Waals surface area contributed by atoms with Gasteiger partial charge in [0.25, 0.3) is 0 Å². The number of ether oxygens (including phenoxy) is 1. The van der Waals surface area contributed by atoms with Gasteiger partial charge in [0.2, 0.25) is 0 Å². The Bertz CT molecular complexity index is 393. The minimum absolute atomic E-state index is 0.204. The van der Waals surface area contributed by atoms with E-state index in [2.05, 4.69) is 5.43 Å². The standard InChI is InChI=1S/C21H40N2O3/c1-21(2,3)25-20(24)22-23(18-14-10-6-4-7-11-15-18)26-19-16-12-8-5-9-13-17-19/h18-19H,4-17H2,1-3H3,(H,22,24). The Labute approximate surface area is 160 Å². The van der Waals surface area contributed by atoms with Crippen molar-refractivity contribution < 1.29 is 14.4 Å². The second-order valence-electron chi connectivity index (χ2n) is 9.01. The monoisotopic (exact) mass is 368 g/mol. The molecule has 0 heterocycles. The second kappa shape index (κ2) is 11.1. The van der Waals surface area contributed by atoms with Crippen LogP contribution in [0.25, 0.3) is 0 Å². The van der Waals surface area contributed by atoms with Gasteiger partial charge in [0.15, 0.2) is 0 Å². The lowest BCUT2D eigenvalue weighted by Crippen LogP contribution is -2.51. The predicted octanol–water partition coefficient (Wildman–Crippen LogP) is 5.89. The van der Waals surface area contributed by atoms with E-state index in [9.17, 15) is 4.79 Å². The van der Waals surface area contributed by atoms with E-state index in [1.54, 1.807) is 5.17 Å². The van der Waals surface area contributed by atoms with Gasteiger partial charge in [-0.05, 0) is 46.5 Å². The van der Waals surface area contributed by atoms with Gasteiger partial charge in [-0.15, -0.1) is 0 Å². The second-order valence-corrected chi connectivity index (χ2v) is 9.01. The van der Waals surface area contributed by atoms with Crippen molar-refractivity contribution in [2.45, 2.75) is 128 Å². The predicted molar refractivity (Wildman–Crippen MR) is 105 cm³/mol. The van der Waals surface area contributed by atoms with Crippen molar-refractivity contribution in [3.8, 4) is 0 Å². The van der Waals surface area contributed by atoms with Crippen LogP contribution in [-0.4, -0.2) is 29.0 Å². The summed E-state index contributed by atoms with van der Waals surface area (Å²) in [6.45, 7) is 5.67. The van der Waals surface area contributed by atoms with Gasteiger partial charge in [-0.3, -0.25) is 4.84 Å². The fourth-order valence-electron chi connectivity index (χ4n) is 3.95. The molecular weight excluding hydrogens is 328 g/mol. The number of hydroxylamine groups is 1. The largest absolute Gasteiger partial charge is 0.443 e. The Hall–Kier alpha value is -0.810. The molecule has 0 spiro atoms. The Morgan fingerprint density at radius 2 is 1.27 bits per heavy atom. The normalized spacial score (nSPS) is 22.2. The summed E-state index contributed by atoms with van der Waals surface area (Å²) >= 11 is 0. The number of carbonyl (C=O) groups excluding carboxylic acids is 1. The molecule has 2 fully saturated rings. The summed E-state index contributed by atoms with van der Waals surface area (Å²) in [5, 5.41) is 1.77. The molecule has 152 valence electrons. The minimum Gasteiger partial charge on any atom is -0.443 e. The Kier molecular flexibility index (Phi) is 9.20. The summed E-state index contributed by atoms with van der Waals surface area (Å²) < 4.78 is 5.48. The molecule has 1 amide bonds. The van der Waals surface area contributed by atoms with Crippen LogP contribution in [0.4, 0.5) is 4.79 Å². The smallest absolute Gasteiger partial charge is 0.424 e. The highest BCUT2D eigenvalue weighted by Crippen LogP contribution is 2.25. The molecule has 0 aromatic heterocycles. The molecule has 0 unspecified atom stereocenters. The molecule has 0 aromatic rings. The molecule has 0 aliphatic heterocycles. The molecule has 26 heavy (non-hydrogen) atoms. The van der Waals surface area contributed by atoms with E-state index in [4.69, 9.17) is 9.57 Å². The molecule has 1 N–H and O–H groups in total. The molecule has 2 aliphatic rings. The van der Waals surface area contributed by atoms with Crippen LogP contribution in [0, 0.1) is 0 Å². The van der Waals surface area contributed by atoms with Gasteiger partial charge in [0.1, 0.15) is 5.60 Å². The maximum atomic E-state index is 12.4. The zero-order valence-electron chi connectivity index (χ0n) is 17.2. The van der Waals surface area contributed by atoms with E-state index in [1.807, 2.05) is 20.8 Å². The third-order valence-electron chi connectivity index (χ3n) is 5.32. The van der Waals surface area contributed by atoms with E-state index in [0.29, 0.717) is 0 Å². The molecule has 0 saturated heterocycles. The Morgan fingerprint density at radius 3 is 1.77 bits per heavy atom. The first kappa shape index (κ1) is 21.5. The molecule has 2 rings (SSSR count). The summed E-state index contributed by atoms with van der Waals surface area (Å²) in [6.07, 6.45) is 16.8. The Balaban J connectivity index is 1.99. The maximum absolute atomic E-state index is 12.4. The molecule has 5 heteroatoms. The van der Waals surface area contributed by atoms with Crippen molar-refractivity contribution >= 4 is 6.09 Å². The van der Waals surface area contributed by atoms with Crippen LogP contribution in [0.2, 0.25) is 0 Å². The topological polar surface area (TPSA) is 50.8 Å². The van der Waals surface area contributed by atoms with E-state index >= 15 is 0 Å². The number of hydrogen-bond acceptors (Lipinski definition) is 4. The summed E-state index contributed by atoms with van der Waals surface area (Å²) in [7, 11) is 0. The van der Waals surface area contributed by atoms with Crippen molar-refractivity contribution in [1.29, 1.82) is 0 Å². The molecular formula is C21H40N2O3. The zero-order valence-corrected chi connectivity index (χ0v) is 17.2. The van der Waals surface area contributed by atoms with Gasteiger partial charge in [-0.25, -0.2) is 10.2 Å². The lowest BCUT2D eigenvalue weighted by atomic mass is 9.97. The molecule has 0 atom stereocenters. The Morgan fingerprint density at radius 1 is 0.808 bits per heavy atom. The molecule has 0 radical (unpaired) electrons. The average molecular weight is 369 g/mol. The van der Waals surface area contributed by atoms with Gasteiger partial charge in [-0.2, -0.15) is 0 Å². The van der Waals surface area contributed by atoms with E-state index in [1.165, 1.54) is 64.2 Å². The van der Waals surface area contributed by atoms with Crippen molar-refractivity contribution in [3.05, 3.63) is 0 Å². The fourth-order valence-corrected chi connectivity index (χ4v) is 3.95. The van der Waals surface area contributed by atoms with Crippen molar-refractivity contribution in [2.24, 2.45) is 0 Å². The van der Waals surface area contributed by atoms with Crippen LogP contribution in [0.3, 0.4) is 0 Å². The van der Waals surface area contributed by atoms with Crippen molar-refractivity contribution in [3.63, 3.8) is 0 Å². The van der Waals surface area contributed by atoms with Crippen LogP contribution in [0.15, 0.2) is 0 Å². The number of hydrogen-bond donors (Lipinski definition) is 1.